The third-order valence-corrected chi connectivity index (χ3v) is 4.02. The molecular formula is C13H21N3. The topological polar surface area (TPSA) is 29.9 Å². The lowest BCUT2D eigenvalue weighted by molar-refractivity contribution is 0.454. The third-order valence-electron chi connectivity index (χ3n) is 4.02. The summed E-state index contributed by atoms with van der Waals surface area (Å²) in [6.07, 6.45) is 7.52. The fraction of sp³-hybridized carbons (Fsp3) is 0.769. The highest BCUT2D eigenvalue weighted by molar-refractivity contribution is 5.14. The molecule has 1 aromatic rings. The highest BCUT2D eigenvalue weighted by atomic mass is 15.1. The number of imidazole rings is 1. The number of hydrogen-bond donors (Lipinski definition) is 1. The number of piperidine rings is 1. The molecule has 1 fully saturated rings. The fourth-order valence-electron chi connectivity index (χ4n) is 3.02. The van der Waals surface area contributed by atoms with Crippen molar-refractivity contribution in [3.63, 3.8) is 0 Å². The second-order valence-electron chi connectivity index (χ2n) is 5.30. The Morgan fingerprint density at radius 1 is 1.38 bits per heavy atom. The quantitative estimate of drug-likeness (QED) is 0.785. The first-order chi connectivity index (χ1) is 7.84. The highest BCUT2D eigenvalue weighted by Crippen LogP contribution is 2.29. The SMILES string of the molecule is C[C@H]1CCCn2cc([C@H]3CCCNC3)nc21. The van der Waals surface area contributed by atoms with E-state index in [2.05, 4.69) is 23.0 Å². The van der Waals surface area contributed by atoms with Crippen LogP contribution in [-0.4, -0.2) is 22.6 Å². The number of rotatable bonds is 1. The Balaban J connectivity index is 1.85. The number of aryl methyl sites for hydroxylation is 1. The molecule has 16 heavy (non-hydrogen) atoms. The van der Waals surface area contributed by atoms with Crippen LogP contribution in [0.3, 0.4) is 0 Å². The molecule has 3 heteroatoms. The van der Waals surface area contributed by atoms with Gasteiger partial charge in [-0.3, -0.25) is 0 Å². The average molecular weight is 219 g/mol. The molecule has 1 N–H and O–H groups in total. The van der Waals surface area contributed by atoms with Gasteiger partial charge in [0.25, 0.3) is 0 Å². The van der Waals surface area contributed by atoms with Crippen molar-refractivity contribution in [1.82, 2.24) is 14.9 Å². The van der Waals surface area contributed by atoms with Crippen LogP contribution in [0, 0.1) is 0 Å². The van der Waals surface area contributed by atoms with Crippen molar-refractivity contribution in [2.75, 3.05) is 13.1 Å². The molecule has 88 valence electrons. The zero-order valence-electron chi connectivity index (χ0n) is 10.1. The van der Waals surface area contributed by atoms with Gasteiger partial charge in [0, 0.05) is 31.1 Å². The van der Waals surface area contributed by atoms with E-state index < -0.39 is 0 Å². The predicted molar refractivity (Wildman–Crippen MR) is 64.7 cm³/mol. The molecule has 1 saturated heterocycles. The first-order valence-corrected chi connectivity index (χ1v) is 6.62. The van der Waals surface area contributed by atoms with Crippen molar-refractivity contribution in [3.8, 4) is 0 Å². The van der Waals surface area contributed by atoms with Gasteiger partial charge in [-0.1, -0.05) is 6.92 Å². The molecule has 3 rings (SSSR count). The Kier molecular flexibility index (Phi) is 2.72. The Morgan fingerprint density at radius 3 is 3.06 bits per heavy atom. The standard InChI is InChI=1S/C13H21N3/c1-10-4-3-7-16-9-12(15-13(10)16)11-5-2-6-14-8-11/h9-11,14H,2-8H2,1H3/t10-,11-/m0/s1. The summed E-state index contributed by atoms with van der Waals surface area (Å²) in [5.74, 6) is 2.63. The molecule has 0 saturated carbocycles. The van der Waals surface area contributed by atoms with E-state index in [1.165, 1.54) is 50.3 Å². The summed E-state index contributed by atoms with van der Waals surface area (Å²) in [5, 5.41) is 3.48. The van der Waals surface area contributed by atoms with Crippen molar-refractivity contribution in [3.05, 3.63) is 17.7 Å². The summed E-state index contributed by atoms with van der Waals surface area (Å²) in [7, 11) is 0. The van der Waals surface area contributed by atoms with Crippen LogP contribution < -0.4 is 5.32 Å². The number of nitrogens with one attached hydrogen (secondary N) is 1. The molecule has 0 bridgehead atoms. The summed E-state index contributed by atoms with van der Waals surface area (Å²) in [6.45, 7) is 5.78. The Hall–Kier alpha value is -0.830. The fourth-order valence-corrected chi connectivity index (χ4v) is 3.02. The molecule has 0 amide bonds. The van der Waals surface area contributed by atoms with Gasteiger partial charge in [-0.2, -0.15) is 0 Å². The second-order valence-corrected chi connectivity index (χ2v) is 5.30. The van der Waals surface area contributed by atoms with E-state index in [1.54, 1.807) is 0 Å². The van der Waals surface area contributed by atoms with Gasteiger partial charge >= 0.3 is 0 Å². The molecule has 0 unspecified atom stereocenters. The van der Waals surface area contributed by atoms with E-state index in [-0.39, 0.29) is 0 Å². The molecule has 0 aromatic carbocycles. The van der Waals surface area contributed by atoms with Gasteiger partial charge < -0.3 is 9.88 Å². The summed E-state index contributed by atoms with van der Waals surface area (Å²) in [5.41, 5.74) is 1.33. The summed E-state index contributed by atoms with van der Waals surface area (Å²) in [6, 6.07) is 0. The number of fused-ring (bicyclic) bond motifs is 1. The summed E-state index contributed by atoms with van der Waals surface area (Å²) in [4.78, 5) is 4.88. The molecule has 2 aliphatic rings. The smallest absolute Gasteiger partial charge is 0.111 e. The molecule has 2 atom stereocenters. The normalized spacial score (nSPS) is 30.1. The van der Waals surface area contributed by atoms with Gasteiger partial charge in [-0.05, 0) is 32.2 Å². The van der Waals surface area contributed by atoms with E-state index in [1.807, 2.05) is 0 Å². The van der Waals surface area contributed by atoms with Crippen molar-refractivity contribution in [1.29, 1.82) is 0 Å². The van der Waals surface area contributed by atoms with E-state index in [4.69, 9.17) is 4.98 Å². The highest BCUT2D eigenvalue weighted by Gasteiger charge is 2.23. The maximum Gasteiger partial charge on any atom is 0.111 e. The molecular weight excluding hydrogens is 198 g/mol. The molecule has 0 spiro atoms. The number of hydrogen-bond acceptors (Lipinski definition) is 2. The maximum absolute atomic E-state index is 4.88. The van der Waals surface area contributed by atoms with Crippen LogP contribution in [0.4, 0.5) is 0 Å². The van der Waals surface area contributed by atoms with E-state index in [0.717, 1.165) is 6.54 Å². The van der Waals surface area contributed by atoms with Crippen molar-refractivity contribution in [2.24, 2.45) is 0 Å². The van der Waals surface area contributed by atoms with E-state index in [9.17, 15) is 0 Å². The zero-order chi connectivity index (χ0) is 11.0. The minimum atomic E-state index is 0.652. The summed E-state index contributed by atoms with van der Waals surface area (Å²) >= 11 is 0. The lowest BCUT2D eigenvalue weighted by Crippen LogP contribution is -2.28. The van der Waals surface area contributed by atoms with Crippen LogP contribution in [-0.2, 0) is 6.54 Å². The van der Waals surface area contributed by atoms with Gasteiger partial charge in [0.15, 0.2) is 0 Å². The molecule has 3 nitrogen and oxygen atoms in total. The molecule has 3 heterocycles. The van der Waals surface area contributed by atoms with Crippen molar-refractivity contribution in [2.45, 2.75) is 51.0 Å². The van der Waals surface area contributed by atoms with Crippen LogP contribution in [0.5, 0.6) is 0 Å². The van der Waals surface area contributed by atoms with Gasteiger partial charge in [0.05, 0.1) is 5.69 Å². The van der Waals surface area contributed by atoms with Gasteiger partial charge in [-0.15, -0.1) is 0 Å². The molecule has 2 aliphatic heterocycles. The summed E-state index contributed by atoms with van der Waals surface area (Å²) < 4.78 is 2.39. The molecule has 0 radical (unpaired) electrons. The second kappa shape index (κ2) is 4.21. The average Bonchev–Trinajstić information content (AvgIpc) is 2.76. The van der Waals surface area contributed by atoms with E-state index >= 15 is 0 Å². The minimum absolute atomic E-state index is 0.652. The lowest BCUT2D eigenvalue weighted by atomic mass is 9.97. The predicted octanol–water partition coefficient (Wildman–Crippen LogP) is 2.25. The first-order valence-electron chi connectivity index (χ1n) is 6.62. The van der Waals surface area contributed by atoms with Crippen LogP contribution in [0.25, 0.3) is 0 Å². The molecule has 1 aromatic heterocycles. The van der Waals surface area contributed by atoms with E-state index in [0.29, 0.717) is 11.8 Å². The molecule has 0 aliphatic carbocycles. The number of aromatic nitrogens is 2. The van der Waals surface area contributed by atoms with Crippen LogP contribution in [0.15, 0.2) is 6.20 Å². The van der Waals surface area contributed by atoms with Crippen LogP contribution in [0.2, 0.25) is 0 Å². The third kappa shape index (κ3) is 1.77. The Morgan fingerprint density at radius 2 is 2.31 bits per heavy atom. The van der Waals surface area contributed by atoms with Crippen molar-refractivity contribution >= 4 is 0 Å². The minimum Gasteiger partial charge on any atom is -0.334 e. The van der Waals surface area contributed by atoms with Gasteiger partial charge in [0.2, 0.25) is 0 Å². The van der Waals surface area contributed by atoms with Crippen LogP contribution >= 0.6 is 0 Å². The number of nitrogens with zero attached hydrogens (tertiary/aromatic N) is 2. The monoisotopic (exact) mass is 219 g/mol. The van der Waals surface area contributed by atoms with Crippen LogP contribution in [0.1, 0.15) is 56.0 Å². The zero-order valence-corrected chi connectivity index (χ0v) is 10.1. The Labute approximate surface area is 97.3 Å². The van der Waals surface area contributed by atoms with Crippen molar-refractivity contribution < 1.29 is 0 Å². The lowest BCUT2D eigenvalue weighted by Gasteiger charge is -2.20. The first kappa shape index (κ1) is 10.3. The maximum atomic E-state index is 4.88. The largest absolute Gasteiger partial charge is 0.334 e. The van der Waals surface area contributed by atoms with Gasteiger partial charge in [0.1, 0.15) is 5.82 Å². The van der Waals surface area contributed by atoms with Gasteiger partial charge in [-0.25, -0.2) is 4.98 Å². The Bertz CT molecular complexity index is 363.